The lowest BCUT2D eigenvalue weighted by molar-refractivity contribution is -0.0420. The van der Waals surface area contributed by atoms with Crippen LogP contribution < -0.4 is 14.8 Å². The molecular formula is C44H46ClN3O9. The molecule has 8 rings (SSSR count). The molecule has 1 aromatic heterocycles. The number of Topliss-reactive ketones (excluding diaryl/α,β-unsaturated/α-hetero) is 2. The van der Waals surface area contributed by atoms with E-state index in [1.54, 1.807) is 20.8 Å². The molecule has 1 fully saturated rings. The van der Waals surface area contributed by atoms with Crippen LogP contribution in [0.5, 0.6) is 11.6 Å². The summed E-state index contributed by atoms with van der Waals surface area (Å²) in [5.41, 5.74) is -0.637. The summed E-state index contributed by atoms with van der Waals surface area (Å²) in [6.45, 7) is 9.14. The number of halogens is 1. The zero-order valence-electron chi connectivity index (χ0n) is 32.3. The molecule has 4 aliphatic rings. The van der Waals surface area contributed by atoms with Crippen LogP contribution in [-0.2, 0) is 24.4 Å². The van der Waals surface area contributed by atoms with Gasteiger partial charge in [-0.2, -0.15) is 0 Å². The van der Waals surface area contributed by atoms with Crippen molar-refractivity contribution in [1.82, 2.24) is 15.4 Å². The van der Waals surface area contributed by atoms with Crippen LogP contribution >= 0.6 is 11.6 Å². The maximum absolute atomic E-state index is 14.9. The summed E-state index contributed by atoms with van der Waals surface area (Å²) in [5.74, 6) is -4.25. The van der Waals surface area contributed by atoms with Gasteiger partial charge in [0.15, 0.2) is 17.1 Å². The van der Waals surface area contributed by atoms with E-state index in [1.807, 2.05) is 66.7 Å². The number of ether oxygens (including phenoxy) is 3. The number of ketones is 2. The Labute approximate surface area is 335 Å². The molecule has 298 valence electrons. The SMILES string of the molecule is CCN1CCCC1c1cc(OCc2ccccc2)c2c(c1Cl)C[C@H]1C[C@H]3[C@H](NC(=O)OC(C)(C)C)c4onc(OCc5ccccc5)c4C(=O)[C@@]3(O)C(O)=C1C2=O. The van der Waals surface area contributed by atoms with Crippen molar-refractivity contribution in [1.29, 1.82) is 0 Å². The highest BCUT2D eigenvalue weighted by Crippen LogP contribution is 2.56. The van der Waals surface area contributed by atoms with Crippen LogP contribution in [0.25, 0.3) is 0 Å². The van der Waals surface area contributed by atoms with Crippen LogP contribution in [0.4, 0.5) is 4.79 Å². The molecule has 57 heavy (non-hydrogen) atoms. The number of hydrogen-bond acceptors (Lipinski definition) is 11. The average Bonchev–Trinajstić information content (AvgIpc) is 3.84. The van der Waals surface area contributed by atoms with Crippen LogP contribution in [0.15, 0.2) is 82.6 Å². The molecular weight excluding hydrogens is 750 g/mol. The third kappa shape index (κ3) is 6.87. The lowest BCUT2D eigenvalue weighted by Crippen LogP contribution is -2.60. The largest absolute Gasteiger partial charge is 0.508 e. The standard InChI is InChI=1S/C44H46ClN3O9/c1-5-48-18-12-17-30(48)27-21-31(54-22-24-13-8-6-9-14-24)33-28(35(27)45)19-26-20-29-36(46-42(52)56-43(2,3)4)38-34(40(51)44(29,53)39(50)32(26)37(33)49)41(47-57-38)55-23-25-15-10-7-11-16-25/h6-11,13-16,21,26,29-30,36,50,53H,5,12,17-20,22-23H2,1-4H3,(H,46,52)/t26-,29-,30?,36-,44-/m0/s1. The molecule has 2 heterocycles. The van der Waals surface area contributed by atoms with Crippen molar-refractivity contribution in [2.75, 3.05) is 13.1 Å². The first-order chi connectivity index (χ1) is 27.3. The van der Waals surface area contributed by atoms with E-state index >= 15 is 0 Å². The Morgan fingerprint density at radius 2 is 1.70 bits per heavy atom. The van der Waals surface area contributed by atoms with Crippen molar-refractivity contribution in [3.05, 3.63) is 122 Å². The molecule has 3 aliphatic carbocycles. The van der Waals surface area contributed by atoms with E-state index in [4.69, 9.17) is 30.3 Å². The average molecular weight is 796 g/mol. The number of rotatable bonds is 9. The summed E-state index contributed by atoms with van der Waals surface area (Å²) >= 11 is 7.31. The Bertz CT molecular complexity index is 2250. The van der Waals surface area contributed by atoms with Crippen LogP contribution in [0.3, 0.4) is 0 Å². The molecule has 1 amide bonds. The Morgan fingerprint density at radius 3 is 2.35 bits per heavy atom. The molecule has 0 saturated carbocycles. The highest BCUT2D eigenvalue weighted by atomic mass is 35.5. The minimum Gasteiger partial charge on any atom is -0.508 e. The number of carbonyl (C=O) groups is 3. The van der Waals surface area contributed by atoms with Gasteiger partial charge in [-0.05, 0) is 98.9 Å². The van der Waals surface area contributed by atoms with Gasteiger partial charge in [0.25, 0.3) is 5.88 Å². The first-order valence-electron chi connectivity index (χ1n) is 19.5. The van der Waals surface area contributed by atoms with Crippen molar-refractivity contribution in [3.63, 3.8) is 0 Å². The second-order valence-corrected chi connectivity index (χ2v) is 16.6. The Kier molecular flexibility index (Phi) is 10.2. The van der Waals surface area contributed by atoms with Gasteiger partial charge in [0.05, 0.1) is 5.56 Å². The van der Waals surface area contributed by atoms with Crippen molar-refractivity contribution < 1.29 is 43.3 Å². The normalized spacial score (nSPS) is 24.3. The van der Waals surface area contributed by atoms with E-state index < -0.39 is 52.5 Å². The summed E-state index contributed by atoms with van der Waals surface area (Å²) in [5, 5.41) is 32.2. The molecule has 1 unspecified atom stereocenters. The molecule has 0 spiro atoms. The minimum atomic E-state index is -2.68. The number of carbonyl (C=O) groups excluding carboxylic acids is 3. The van der Waals surface area contributed by atoms with Crippen LogP contribution in [-0.4, -0.2) is 62.2 Å². The smallest absolute Gasteiger partial charge is 0.408 e. The van der Waals surface area contributed by atoms with E-state index in [-0.39, 0.29) is 60.4 Å². The summed E-state index contributed by atoms with van der Waals surface area (Å²) in [6.07, 6.45) is 1.22. The van der Waals surface area contributed by atoms with Gasteiger partial charge in [0.2, 0.25) is 5.78 Å². The number of amides is 1. The number of alkyl carbamates (subject to hydrolysis) is 1. The molecule has 0 bridgehead atoms. The number of allylic oxidation sites excluding steroid dienone is 1. The first-order valence-corrected chi connectivity index (χ1v) is 19.8. The summed E-state index contributed by atoms with van der Waals surface area (Å²) in [4.78, 5) is 45.3. The van der Waals surface area contributed by atoms with Crippen molar-refractivity contribution in [3.8, 4) is 11.6 Å². The fraction of sp³-hybridized carbons (Fsp3) is 0.409. The van der Waals surface area contributed by atoms with Crippen LogP contribution in [0.1, 0.15) is 108 Å². The van der Waals surface area contributed by atoms with E-state index in [1.165, 1.54) is 0 Å². The monoisotopic (exact) mass is 795 g/mol. The molecule has 1 saturated heterocycles. The van der Waals surface area contributed by atoms with Gasteiger partial charge >= 0.3 is 6.09 Å². The molecule has 5 atom stereocenters. The maximum Gasteiger partial charge on any atom is 0.408 e. The molecule has 13 heteroatoms. The zero-order valence-corrected chi connectivity index (χ0v) is 33.1. The van der Waals surface area contributed by atoms with Crippen LogP contribution in [0.2, 0.25) is 5.02 Å². The fourth-order valence-electron chi connectivity index (χ4n) is 8.99. The van der Waals surface area contributed by atoms with Crippen LogP contribution in [0, 0.1) is 11.8 Å². The van der Waals surface area contributed by atoms with Gasteiger partial charge in [0, 0.05) is 22.6 Å². The van der Waals surface area contributed by atoms with Gasteiger partial charge < -0.3 is 34.3 Å². The van der Waals surface area contributed by atoms with E-state index in [2.05, 4.69) is 22.3 Å². The fourth-order valence-corrected chi connectivity index (χ4v) is 9.34. The predicted molar refractivity (Wildman–Crippen MR) is 209 cm³/mol. The highest BCUT2D eigenvalue weighted by molar-refractivity contribution is 6.33. The number of nitrogens with one attached hydrogen (secondary N) is 1. The van der Waals surface area contributed by atoms with Crippen molar-refractivity contribution >= 4 is 29.3 Å². The van der Waals surface area contributed by atoms with Gasteiger partial charge in [-0.25, -0.2) is 4.79 Å². The molecule has 4 aromatic rings. The van der Waals surface area contributed by atoms with Gasteiger partial charge in [0.1, 0.15) is 41.9 Å². The number of nitrogens with zero attached hydrogens (tertiary/aromatic N) is 2. The number of hydrogen-bond donors (Lipinski definition) is 3. The molecule has 12 nitrogen and oxygen atoms in total. The minimum absolute atomic E-state index is 0.00884. The Hall–Kier alpha value is -5.17. The number of benzene rings is 3. The topological polar surface area (TPSA) is 161 Å². The quantitative estimate of drug-likeness (QED) is 0.151. The van der Waals surface area contributed by atoms with Crippen molar-refractivity contribution in [2.24, 2.45) is 11.8 Å². The van der Waals surface area contributed by atoms with E-state index in [0.29, 0.717) is 16.3 Å². The third-order valence-electron chi connectivity index (χ3n) is 11.6. The van der Waals surface area contributed by atoms with Crippen molar-refractivity contribution in [2.45, 2.75) is 89.9 Å². The summed E-state index contributed by atoms with van der Waals surface area (Å²) < 4.78 is 23.7. The second-order valence-electron chi connectivity index (χ2n) is 16.2. The maximum atomic E-state index is 14.9. The van der Waals surface area contributed by atoms with Gasteiger partial charge in [-0.3, -0.25) is 14.5 Å². The van der Waals surface area contributed by atoms with E-state index in [0.717, 1.165) is 42.6 Å². The second kappa shape index (κ2) is 15.0. The number of aliphatic hydroxyl groups excluding tert-OH is 1. The summed E-state index contributed by atoms with van der Waals surface area (Å²) in [6, 6.07) is 19.4. The Balaban J connectivity index is 1.23. The number of fused-ring (bicyclic) bond motifs is 4. The highest BCUT2D eigenvalue weighted by Gasteiger charge is 2.64. The molecule has 0 radical (unpaired) electrons. The third-order valence-corrected chi connectivity index (χ3v) is 12.0. The first kappa shape index (κ1) is 38.7. The molecule has 3 aromatic carbocycles. The number of aliphatic hydroxyl groups is 2. The lowest BCUT2D eigenvalue weighted by Gasteiger charge is -2.48. The van der Waals surface area contributed by atoms with Gasteiger partial charge in [-0.1, -0.05) is 79.2 Å². The molecule has 1 aliphatic heterocycles. The summed E-state index contributed by atoms with van der Waals surface area (Å²) in [7, 11) is 0. The van der Waals surface area contributed by atoms with E-state index in [9.17, 15) is 24.6 Å². The van der Waals surface area contributed by atoms with Gasteiger partial charge in [-0.15, -0.1) is 0 Å². The number of aromatic nitrogens is 1. The number of likely N-dealkylation sites (tertiary alicyclic amines) is 1. The zero-order chi connectivity index (χ0) is 40.2. The predicted octanol–water partition coefficient (Wildman–Crippen LogP) is 8.02. The Morgan fingerprint density at radius 1 is 1.04 bits per heavy atom. The lowest BCUT2D eigenvalue weighted by atomic mass is 9.58. The molecule has 3 N–H and O–H groups in total.